The fraction of sp³-hybridized carbons (Fsp3) is 0.227. The summed E-state index contributed by atoms with van der Waals surface area (Å²) in [5, 5.41) is 3.61. The zero-order valence-electron chi connectivity index (χ0n) is 15.7. The lowest BCUT2D eigenvalue weighted by atomic mass is 9.95. The number of hydrogen-bond donors (Lipinski definition) is 2. The Morgan fingerprint density at radius 1 is 1.00 bits per heavy atom. The van der Waals surface area contributed by atoms with Gasteiger partial charge in [-0.25, -0.2) is 4.98 Å². The van der Waals surface area contributed by atoms with E-state index in [9.17, 15) is 0 Å². The number of aromatic nitrogens is 2. The van der Waals surface area contributed by atoms with Gasteiger partial charge in [0.2, 0.25) is 0 Å². The van der Waals surface area contributed by atoms with Crippen molar-refractivity contribution < 1.29 is 0 Å². The van der Waals surface area contributed by atoms with Gasteiger partial charge in [-0.2, -0.15) is 0 Å². The van der Waals surface area contributed by atoms with Gasteiger partial charge in [0.05, 0.1) is 26.0 Å². The van der Waals surface area contributed by atoms with Crippen LogP contribution >= 0.6 is 0 Å². The zero-order chi connectivity index (χ0) is 18.9. The Morgan fingerprint density at radius 2 is 1.63 bits per heavy atom. The van der Waals surface area contributed by atoms with Crippen LogP contribution in [0.15, 0.2) is 54.7 Å². The normalized spacial score (nSPS) is 18.1. The van der Waals surface area contributed by atoms with Gasteiger partial charge in [0.25, 0.3) is 0 Å². The lowest BCUT2D eigenvalue weighted by Gasteiger charge is -2.11. The monoisotopic (exact) mass is 367 g/mol. The first kappa shape index (κ1) is 17.8. The molecule has 4 rings (SSSR count). The Bertz CT molecular complexity index is 995. The van der Waals surface area contributed by atoms with Gasteiger partial charge in [0.1, 0.15) is 13.7 Å². The van der Waals surface area contributed by atoms with Crippen LogP contribution in [0.5, 0.6) is 0 Å². The minimum absolute atomic E-state index is 0.366. The summed E-state index contributed by atoms with van der Waals surface area (Å²) in [6.45, 7) is 4.85. The van der Waals surface area contributed by atoms with Crippen LogP contribution in [-0.2, 0) is 0 Å². The molecular weight excluding hydrogens is 345 g/mol. The highest BCUT2D eigenvalue weighted by Gasteiger charge is 2.34. The molecule has 3 aromatic rings. The van der Waals surface area contributed by atoms with Crippen LogP contribution in [0.25, 0.3) is 11.3 Å². The van der Waals surface area contributed by atoms with E-state index in [2.05, 4.69) is 52.4 Å². The summed E-state index contributed by atoms with van der Waals surface area (Å²) < 4.78 is 0. The minimum atomic E-state index is -1.10. The molecule has 5 heteroatoms. The van der Waals surface area contributed by atoms with E-state index in [4.69, 9.17) is 7.85 Å². The summed E-state index contributed by atoms with van der Waals surface area (Å²) in [6, 6.07) is 17.5. The molecule has 1 atom stereocenters. The second kappa shape index (κ2) is 7.22. The molecule has 1 aliphatic heterocycles. The van der Waals surface area contributed by atoms with E-state index in [1.165, 1.54) is 6.04 Å². The number of hydrogen-bond acceptors (Lipinski definition) is 2. The average molecular weight is 367 g/mol. The number of benzene rings is 2. The Kier molecular flexibility index (Phi) is 4.77. The van der Waals surface area contributed by atoms with E-state index < -0.39 is 8.07 Å². The van der Waals surface area contributed by atoms with Gasteiger partial charge in [-0.05, 0) is 42.0 Å². The van der Waals surface area contributed by atoms with Crippen LogP contribution in [0.4, 0.5) is 0 Å². The summed E-state index contributed by atoms with van der Waals surface area (Å²) in [7, 11) is 4.61. The molecule has 3 nitrogen and oxygen atoms in total. The Balaban J connectivity index is 1.48. The van der Waals surface area contributed by atoms with E-state index in [0.29, 0.717) is 6.04 Å². The maximum absolute atomic E-state index is 5.70. The van der Waals surface area contributed by atoms with Gasteiger partial charge < -0.3 is 10.3 Å². The molecule has 2 aromatic carbocycles. The first-order valence-corrected chi connectivity index (χ1v) is 12.7. The molecular formula is C22H22BN3Si. The SMILES string of the molecule is [B]c1ccc(C#Cc2ccc(-c3cnc(C4C[Si](C)(C)CN4)[nH]3)cc2)cc1. The standard InChI is InChI=1S/C22H22BN3Si/c1-27(2)14-21(25-15-27)22-24-13-20(26-22)18-9-5-16(6-10-18)3-4-17-7-11-19(23)12-8-17/h5-13,21,25H,14-15H2,1-2H3,(H,24,26). The van der Waals surface area contributed by atoms with Crippen LogP contribution in [0.3, 0.4) is 0 Å². The molecule has 132 valence electrons. The van der Waals surface area contributed by atoms with E-state index >= 15 is 0 Å². The molecule has 27 heavy (non-hydrogen) atoms. The van der Waals surface area contributed by atoms with Crippen molar-refractivity contribution in [3.63, 3.8) is 0 Å². The molecule has 1 aliphatic rings. The molecule has 0 aliphatic carbocycles. The maximum atomic E-state index is 5.70. The van der Waals surface area contributed by atoms with Gasteiger partial charge >= 0.3 is 0 Å². The van der Waals surface area contributed by atoms with Crippen LogP contribution in [0, 0.1) is 11.8 Å². The van der Waals surface area contributed by atoms with Crippen molar-refractivity contribution in [3.05, 3.63) is 71.7 Å². The molecule has 1 unspecified atom stereocenters. The predicted octanol–water partition coefficient (Wildman–Crippen LogP) is 3.16. The number of nitrogens with one attached hydrogen (secondary N) is 2. The molecule has 1 fully saturated rings. The fourth-order valence-electron chi connectivity index (χ4n) is 3.39. The van der Waals surface area contributed by atoms with Crippen molar-refractivity contribution >= 4 is 21.4 Å². The molecule has 1 aromatic heterocycles. The smallest absolute Gasteiger partial charge is 0.123 e. The van der Waals surface area contributed by atoms with Gasteiger partial charge in [-0.1, -0.05) is 54.7 Å². The van der Waals surface area contributed by atoms with Crippen molar-refractivity contribution in [2.45, 2.75) is 25.2 Å². The zero-order valence-corrected chi connectivity index (χ0v) is 16.7. The first-order valence-electron chi connectivity index (χ1n) is 9.25. The third kappa shape index (κ3) is 4.24. The van der Waals surface area contributed by atoms with E-state index in [0.717, 1.165) is 39.8 Å². The number of imidazole rings is 1. The van der Waals surface area contributed by atoms with Crippen LogP contribution in [0.1, 0.15) is 23.0 Å². The topological polar surface area (TPSA) is 40.7 Å². The first-order chi connectivity index (χ1) is 13.0. The van der Waals surface area contributed by atoms with Gasteiger partial charge in [-0.15, -0.1) is 0 Å². The van der Waals surface area contributed by atoms with Crippen molar-refractivity contribution in [3.8, 4) is 23.1 Å². The minimum Gasteiger partial charge on any atom is -0.341 e. The summed E-state index contributed by atoms with van der Waals surface area (Å²) >= 11 is 0. The average Bonchev–Trinajstić information content (AvgIpc) is 3.28. The van der Waals surface area contributed by atoms with Gasteiger partial charge in [-0.3, -0.25) is 0 Å². The van der Waals surface area contributed by atoms with E-state index in [-0.39, 0.29) is 0 Å². The molecule has 2 heterocycles. The largest absolute Gasteiger partial charge is 0.341 e. The Hall–Kier alpha value is -2.55. The van der Waals surface area contributed by atoms with Gasteiger partial charge in [0, 0.05) is 11.1 Å². The highest BCUT2D eigenvalue weighted by Crippen LogP contribution is 2.29. The third-order valence-electron chi connectivity index (χ3n) is 4.97. The van der Waals surface area contributed by atoms with Crippen molar-refractivity contribution in [1.29, 1.82) is 0 Å². The highest BCUT2D eigenvalue weighted by molar-refractivity contribution is 6.78. The fourth-order valence-corrected chi connectivity index (χ4v) is 5.78. The number of rotatable bonds is 2. The van der Waals surface area contributed by atoms with Gasteiger partial charge in [0.15, 0.2) is 0 Å². The van der Waals surface area contributed by atoms with Crippen LogP contribution in [0.2, 0.25) is 19.1 Å². The second-order valence-electron chi connectivity index (χ2n) is 7.93. The maximum Gasteiger partial charge on any atom is 0.123 e. The van der Waals surface area contributed by atoms with Crippen molar-refractivity contribution in [2.24, 2.45) is 0 Å². The molecule has 0 bridgehead atoms. The molecule has 2 radical (unpaired) electrons. The third-order valence-corrected chi connectivity index (χ3v) is 7.64. The van der Waals surface area contributed by atoms with E-state index in [1.807, 2.05) is 42.6 Å². The summed E-state index contributed by atoms with van der Waals surface area (Å²) in [6.07, 6.45) is 3.09. The highest BCUT2D eigenvalue weighted by atomic mass is 28.3. The quantitative estimate of drug-likeness (QED) is 0.540. The number of H-pyrrole nitrogens is 1. The molecule has 2 N–H and O–H groups in total. The molecule has 0 spiro atoms. The number of nitrogens with zero attached hydrogens (tertiary/aromatic N) is 1. The Morgan fingerprint density at radius 3 is 2.22 bits per heavy atom. The molecule has 0 saturated carbocycles. The predicted molar refractivity (Wildman–Crippen MR) is 115 cm³/mol. The molecule has 0 amide bonds. The summed E-state index contributed by atoms with van der Waals surface area (Å²) in [4.78, 5) is 8.10. The lowest BCUT2D eigenvalue weighted by molar-refractivity contribution is 0.635. The van der Waals surface area contributed by atoms with Crippen LogP contribution in [-0.4, -0.2) is 32.1 Å². The van der Waals surface area contributed by atoms with Crippen molar-refractivity contribution in [2.75, 3.05) is 6.17 Å². The van der Waals surface area contributed by atoms with Crippen molar-refractivity contribution in [1.82, 2.24) is 15.3 Å². The molecule has 1 saturated heterocycles. The summed E-state index contributed by atoms with van der Waals surface area (Å²) in [5.74, 6) is 7.41. The number of aromatic amines is 1. The van der Waals surface area contributed by atoms with Crippen LogP contribution < -0.4 is 10.8 Å². The lowest BCUT2D eigenvalue weighted by Crippen LogP contribution is -2.28. The Labute approximate surface area is 163 Å². The second-order valence-corrected chi connectivity index (χ2v) is 13.0. The van der Waals surface area contributed by atoms with E-state index in [1.54, 1.807) is 0 Å². The summed E-state index contributed by atoms with van der Waals surface area (Å²) in [5.41, 5.74) is 4.88.